The summed E-state index contributed by atoms with van der Waals surface area (Å²) in [5.41, 5.74) is 1.11. The molecule has 1 aromatic heterocycles. The number of nitrogens with one attached hydrogen (secondary N) is 1. The van der Waals surface area contributed by atoms with Crippen molar-refractivity contribution in [1.82, 2.24) is 25.5 Å². The van der Waals surface area contributed by atoms with Crippen LogP contribution in [-0.4, -0.2) is 26.8 Å². The summed E-state index contributed by atoms with van der Waals surface area (Å²) in [6, 6.07) is 5.99. The molecule has 102 valence electrons. The molecule has 0 aliphatic heterocycles. The lowest BCUT2D eigenvalue weighted by Gasteiger charge is -2.17. The van der Waals surface area contributed by atoms with Crippen LogP contribution in [0, 0.1) is 0 Å². The van der Waals surface area contributed by atoms with E-state index < -0.39 is 0 Å². The van der Waals surface area contributed by atoms with Gasteiger partial charge in [-0.15, -0.1) is 10.2 Å². The molecule has 1 heterocycles. The van der Waals surface area contributed by atoms with Gasteiger partial charge in [-0.3, -0.25) is 0 Å². The van der Waals surface area contributed by atoms with E-state index in [1.54, 1.807) is 7.05 Å². The minimum Gasteiger partial charge on any atom is -0.310 e. The summed E-state index contributed by atoms with van der Waals surface area (Å²) in [5.74, 6) is 0.713. The summed E-state index contributed by atoms with van der Waals surface area (Å²) in [5, 5.41) is 16.2. The van der Waals surface area contributed by atoms with Crippen molar-refractivity contribution in [3.05, 3.63) is 39.1 Å². The summed E-state index contributed by atoms with van der Waals surface area (Å²) in [6.45, 7) is 2.92. The molecule has 0 fully saturated rings. The molecular formula is C12H15BrClN5. The highest BCUT2D eigenvalue weighted by Gasteiger charge is 2.15. The molecule has 0 bridgehead atoms. The van der Waals surface area contributed by atoms with E-state index in [4.69, 9.17) is 11.6 Å². The first kappa shape index (κ1) is 14.4. The Kier molecular flexibility index (Phi) is 4.90. The highest BCUT2D eigenvalue weighted by molar-refractivity contribution is 9.10. The number of benzene rings is 1. The maximum Gasteiger partial charge on any atom is 0.176 e. The number of hydrogen-bond donors (Lipinski definition) is 1. The van der Waals surface area contributed by atoms with Crippen molar-refractivity contribution < 1.29 is 0 Å². The number of aromatic nitrogens is 4. The van der Waals surface area contributed by atoms with Gasteiger partial charge >= 0.3 is 0 Å². The molecular weight excluding hydrogens is 330 g/mol. The minimum absolute atomic E-state index is 0.115. The molecule has 0 spiro atoms. The zero-order valence-corrected chi connectivity index (χ0v) is 13.1. The fourth-order valence-corrected chi connectivity index (χ4v) is 2.80. The van der Waals surface area contributed by atoms with Gasteiger partial charge in [-0.2, -0.15) is 4.80 Å². The van der Waals surface area contributed by atoms with Gasteiger partial charge in [-0.1, -0.05) is 34.5 Å². The maximum atomic E-state index is 6.10. The molecule has 19 heavy (non-hydrogen) atoms. The normalized spacial score (nSPS) is 12.6. The number of hydrogen-bond acceptors (Lipinski definition) is 4. The summed E-state index contributed by atoms with van der Waals surface area (Å²) in [7, 11) is 1.76. The molecule has 7 heteroatoms. The van der Waals surface area contributed by atoms with E-state index in [9.17, 15) is 0 Å². The molecule has 0 aliphatic carbocycles. The number of tetrazole rings is 1. The van der Waals surface area contributed by atoms with Crippen molar-refractivity contribution in [2.24, 2.45) is 7.05 Å². The topological polar surface area (TPSA) is 55.6 Å². The van der Waals surface area contributed by atoms with Gasteiger partial charge in [0.15, 0.2) is 5.82 Å². The fourth-order valence-electron chi connectivity index (χ4n) is 1.92. The summed E-state index contributed by atoms with van der Waals surface area (Å²) < 4.78 is 0.963. The molecule has 2 aromatic rings. The number of likely N-dealkylation sites (N-methyl/N-ethyl adjacent to an activating group) is 1. The number of aryl methyl sites for hydroxylation is 1. The SMILES string of the molecule is CCNC(Cc1nnn(C)n1)c1cc(Cl)cc(Br)c1. The van der Waals surface area contributed by atoms with Crippen LogP contribution in [0.25, 0.3) is 0 Å². The van der Waals surface area contributed by atoms with Crippen molar-refractivity contribution in [1.29, 1.82) is 0 Å². The largest absolute Gasteiger partial charge is 0.310 e. The van der Waals surface area contributed by atoms with E-state index >= 15 is 0 Å². The van der Waals surface area contributed by atoms with Crippen molar-refractivity contribution in [3.63, 3.8) is 0 Å². The van der Waals surface area contributed by atoms with Crippen LogP contribution < -0.4 is 5.32 Å². The molecule has 0 amide bonds. The Labute approximate surface area is 125 Å². The molecule has 1 N–H and O–H groups in total. The molecule has 1 unspecified atom stereocenters. The second kappa shape index (κ2) is 6.45. The van der Waals surface area contributed by atoms with Gasteiger partial charge in [0.1, 0.15) is 0 Å². The Morgan fingerprint density at radius 2 is 2.21 bits per heavy atom. The number of halogens is 2. The molecule has 1 aromatic carbocycles. The first-order chi connectivity index (χ1) is 9.08. The zero-order chi connectivity index (χ0) is 13.8. The van der Waals surface area contributed by atoms with Gasteiger partial charge < -0.3 is 5.32 Å². The van der Waals surface area contributed by atoms with E-state index in [0.29, 0.717) is 17.3 Å². The first-order valence-electron chi connectivity index (χ1n) is 6.00. The number of nitrogens with zero attached hydrogens (tertiary/aromatic N) is 4. The van der Waals surface area contributed by atoms with Crippen molar-refractivity contribution in [2.45, 2.75) is 19.4 Å². The van der Waals surface area contributed by atoms with Crippen LogP contribution in [0.3, 0.4) is 0 Å². The standard InChI is InChI=1S/C12H15BrClN5/c1-3-15-11(7-12-16-18-19(2)17-12)8-4-9(13)6-10(14)5-8/h4-6,11,15H,3,7H2,1-2H3. The second-order valence-corrected chi connectivity index (χ2v) is 5.56. The smallest absolute Gasteiger partial charge is 0.176 e. The van der Waals surface area contributed by atoms with Crippen molar-refractivity contribution in [3.8, 4) is 0 Å². The van der Waals surface area contributed by atoms with Crippen LogP contribution in [-0.2, 0) is 13.5 Å². The maximum absolute atomic E-state index is 6.10. The van der Waals surface area contributed by atoms with Crippen LogP contribution in [0.4, 0.5) is 0 Å². The quantitative estimate of drug-likeness (QED) is 0.905. The molecule has 0 saturated carbocycles. The highest BCUT2D eigenvalue weighted by atomic mass is 79.9. The van der Waals surface area contributed by atoms with Gasteiger partial charge in [0.25, 0.3) is 0 Å². The Morgan fingerprint density at radius 1 is 1.42 bits per heavy atom. The summed E-state index contributed by atoms with van der Waals surface area (Å²) >= 11 is 9.56. The predicted molar refractivity (Wildman–Crippen MR) is 78.1 cm³/mol. The molecule has 5 nitrogen and oxygen atoms in total. The summed E-state index contributed by atoms with van der Waals surface area (Å²) in [6.07, 6.45) is 0.675. The van der Waals surface area contributed by atoms with Gasteiger partial charge in [0.05, 0.1) is 7.05 Å². The van der Waals surface area contributed by atoms with E-state index in [1.807, 2.05) is 12.1 Å². The van der Waals surface area contributed by atoms with Crippen molar-refractivity contribution in [2.75, 3.05) is 6.54 Å². The Morgan fingerprint density at radius 3 is 2.79 bits per heavy atom. The number of rotatable bonds is 5. The fraction of sp³-hybridized carbons (Fsp3) is 0.417. The Hall–Kier alpha value is -0.980. The van der Waals surface area contributed by atoms with Crippen LogP contribution in [0.5, 0.6) is 0 Å². The molecule has 0 radical (unpaired) electrons. The van der Waals surface area contributed by atoms with Gasteiger partial charge in [0.2, 0.25) is 0 Å². The third-order valence-electron chi connectivity index (χ3n) is 2.67. The summed E-state index contributed by atoms with van der Waals surface area (Å²) in [4.78, 5) is 1.46. The van der Waals surface area contributed by atoms with Gasteiger partial charge in [0, 0.05) is 22.0 Å². The lowest BCUT2D eigenvalue weighted by atomic mass is 10.0. The van der Waals surface area contributed by atoms with Gasteiger partial charge in [-0.25, -0.2) is 0 Å². The average Bonchev–Trinajstić information content (AvgIpc) is 2.73. The van der Waals surface area contributed by atoms with E-state index in [2.05, 4.69) is 49.6 Å². The second-order valence-electron chi connectivity index (χ2n) is 4.21. The Bertz CT molecular complexity index is 537. The molecule has 0 aliphatic rings. The average molecular weight is 345 g/mol. The molecule has 2 rings (SSSR count). The van der Waals surface area contributed by atoms with E-state index in [-0.39, 0.29) is 6.04 Å². The zero-order valence-electron chi connectivity index (χ0n) is 10.8. The van der Waals surface area contributed by atoms with Crippen LogP contribution in [0.15, 0.2) is 22.7 Å². The lowest BCUT2D eigenvalue weighted by molar-refractivity contribution is 0.534. The van der Waals surface area contributed by atoms with Crippen LogP contribution in [0.1, 0.15) is 24.4 Å². The monoisotopic (exact) mass is 343 g/mol. The minimum atomic E-state index is 0.115. The van der Waals surface area contributed by atoms with Gasteiger partial charge in [-0.05, 0) is 35.5 Å². The van der Waals surface area contributed by atoms with Crippen LogP contribution >= 0.6 is 27.5 Å². The lowest BCUT2D eigenvalue weighted by Crippen LogP contribution is -2.23. The van der Waals surface area contributed by atoms with Crippen LogP contribution in [0.2, 0.25) is 5.02 Å². The third-order valence-corrected chi connectivity index (χ3v) is 3.35. The van der Waals surface area contributed by atoms with E-state index in [1.165, 1.54) is 4.80 Å². The third kappa shape index (κ3) is 3.99. The predicted octanol–water partition coefficient (Wildman–Crippen LogP) is 2.52. The molecule has 1 atom stereocenters. The molecule has 0 saturated heterocycles. The van der Waals surface area contributed by atoms with Crippen molar-refractivity contribution >= 4 is 27.5 Å². The van der Waals surface area contributed by atoms with E-state index in [0.717, 1.165) is 16.6 Å². The Balaban J connectivity index is 2.23. The first-order valence-corrected chi connectivity index (χ1v) is 7.18. The highest BCUT2D eigenvalue weighted by Crippen LogP contribution is 2.25.